The average Bonchev–Trinajstić information content (AvgIpc) is 2.63. The van der Waals surface area contributed by atoms with Gasteiger partial charge in [0.05, 0.1) is 5.02 Å². The molecule has 2 aromatic carbocycles. The van der Waals surface area contributed by atoms with E-state index in [1.54, 1.807) is 12.1 Å². The van der Waals surface area contributed by atoms with Crippen LogP contribution in [0.25, 0.3) is 0 Å². The Hall–Kier alpha value is -2.31. The molecule has 0 aliphatic carbocycles. The van der Waals surface area contributed by atoms with E-state index in [-0.39, 0.29) is 24.2 Å². The maximum Gasteiger partial charge on any atom is 0.261 e. The Kier molecular flexibility index (Phi) is 5.64. The van der Waals surface area contributed by atoms with Gasteiger partial charge in [0.25, 0.3) is 5.91 Å². The minimum Gasteiger partial charge on any atom is -0.482 e. The fraction of sp³-hybridized carbons (Fsp3) is 0.222. The minimum atomic E-state index is -0.838. The Morgan fingerprint density at radius 1 is 1.23 bits per heavy atom. The lowest BCUT2D eigenvalue weighted by Crippen LogP contribution is -2.53. The van der Waals surface area contributed by atoms with Crippen molar-refractivity contribution >= 4 is 35.0 Å². The number of hydrogen-bond donors (Lipinski definition) is 1. The van der Waals surface area contributed by atoms with Gasteiger partial charge in [-0.1, -0.05) is 35.3 Å². The third kappa shape index (κ3) is 4.08. The summed E-state index contributed by atoms with van der Waals surface area (Å²) in [4.78, 5) is 26.3. The van der Waals surface area contributed by atoms with Crippen LogP contribution < -0.4 is 10.1 Å². The zero-order valence-electron chi connectivity index (χ0n) is 13.5. The number of carbonyl (C=O) groups excluding carboxylic acids is 2. The molecule has 1 aliphatic rings. The van der Waals surface area contributed by atoms with Gasteiger partial charge in [-0.3, -0.25) is 9.59 Å². The van der Waals surface area contributed by atoms with Crippen LogP contribution in [0.5, 0.6) is 5.75 Å². The van der Waals surface area contributed by atoms with Gasteiger partial charge in [0.15, 0.2) is 6.61 Å². The number of ether oxygens (including phenoxy) is 1. The first kappa shape index (κ1) is 18.5. The number of piperazine rings is 1. The van der Waals surface area contributed by atoms with Crippen LogP contribution in [0.1, 0.15) is 11.6 Å². The topological polar surface area (TPSA) is 58.6 Å². The number of carbonyl (C=O) groups is 2. The molecular weight excluding hydrogens is 382 g/mol. The lowest BCUT2D eigenvalue weighted by molar-refractivity contribution is -0.145. The first-order valence-electron chi connectivity index (χ1n) is 7.86. The van der Waals surface area contributed by atoms with E-state index < -0.39 is 11.9 Å². The maximum absolute atomic E-state index is 13.2. The van der Waals surface area contributed by atoms with Crippen LogP contribution in [-0.4, -0.2) is 36.4 Å². The molecule has 1 saturated heterocycles. The summed E-state index contributed by atoms with van der Waals surface area (Å²) < 4.78 is 18.6. The van der Waals surface area contributed by atoms with E-state index >= 15 is 0 Å². The van der Waals surface area contributed by atoms with Crippen molar-refractivity contribution in [2.75, 3.05) is 19.7 Å². The van der Waals surface area contributed by atoms with E-state index in [9.17, 15) is 14.0 Å². The molecule has 26 heavy (non-hydrogen) atoms. The molecule has 0 radical (unpaired) electrons. The lowest BCUT2D eigenvalue weighted by atomic mass is 10.0. The summed E-state index contributed by atoms with van der Waals surface area (Å²) in [5, 5.41) is 3.47. The molecule has 8 heteroatoms. The van der Waals surface area contributed by atoms with Gasteiger partial charge in [-0.2, -0.15) is 0 Å². The highest BCUT2D eigenvalue weighted by molar-refractivity contribution is 6.34. The zero-order valence-corrected chi connectivity index (χ0v) is 15.1. The van der Waals surface area contributed by atoms with Crippen molar-refractivity contribution in [3.63, 3.8) is 0 Å². The van der Waals surface area contributed by atoms with Gasteiger partial charge in [-0.15, -0.1) is 0 Å². The third-order valence-corrected chi connectivity index (χ3v) is 4.51. The van der Waals surface area contributed by atoms with Crippen LogP contribution in [-0.2, 0) is 9.59 Å². The Morgan fingerprint density at radius 3 is 2.69 bits per heavy atom. The smallest absolute Gasteiger partial charge is 0.261 e. The average molecular weight is 397 g/mol. The summed E-state index contributed by atoms with van der Waals surface area (Å²) in [5.74, 6) is -0.837. The number of nitrogens with one attached hydrogen (secondary N) is 1. The van der Waals surface area contributed by atoms with Gasteiger partial charge in [0.1, 0.15) is 17.6 Å². The molecule has 1 aliphatic heterocycles. The number of hydrogen-bond acceptors (Lipinski definition) is 3. The van der Waals surface area contributed by atoms with Crippen LogP contribution in [0.3, 0.4) is 0 Å². The Morgan fingerprint density at radius 2 is 1.96 bits per heavy atom. The molecule has 3 rings (SSSR count). The van der Waals surface area contributed by atoms with Crippen molar-refractivity contribution in [3.05, 3.63) is 63.9 Å². The molecule has 1 atom stereocenters. The summed E-state index contributed by atoms with van der Waals surface area (Å²) in [6.07, 6.45) is 0. The van der Waals surface area contributed by atoms with Crippen LogP contribution in [0.2, 0.25) is 10.0 Å². The van der Waals surface area contributed by atoms with E-state index in [4.69, 9.17) is 27.9 Å². The Labute approximate surface area is 159 Å². The predicted octanol–water partition coefficient (Wildman–Crippen LogP) is 3.21. The SMILES string of the molecule is O=C1NCCN(C(=O)COc2cc(Cl)ccc2Cl)C1c1ccc(F)cc1. The van der Waals surface area contributed by atoms with E-state index in [0.29, 0.717) is 28.7 Å². The van der Waals surface area contributed by atoms with Crippen LogP contribution in [0.4, 0.5) is 4.39 Å². The van der Waals surface area contributed by atoms with E-state index in [0.717, 1.165) is 0 Å². The lowest BCUT2D eigenvalue weighted by Gasteiger charge is -2.35. The first-order chi connectivity index (χ1) is 12.5. The highest BCUT2D eigenvalue weighted by Gasteiger charge is 2.34. The summed E-state index contributed by atoms with van der Waals surface area (Å²) in [5.41, 5.74) is 0.526. The minimum absolute atomic E-state index is 0.285. The normalized spacial score (nSPS) is 17.0. The van der Waals surface area contributed by atoms with Gasteiger partial charge in [-0.05, 0) is 29.8 Å². The van der Waals surface area contributed by atoms with Crippen molar-refractivity contribution in [1.29, 1.82) is 0 Å². The summed E-state index contributed by atoms with van der Waals surface area (Å²) >= 11 is 11.9. The van der Waals surface area contributed by atoms with E-state index in [1.165, 1.54) is 35.2 Å². The van der Waals surface area contributed by atoms with E-state index in [1.807, 2.05) is 0 Å². The summed E-state index contributed by atoms with van der Waals surface area (Å²) in [6, 6.07) is 9.33. The number of rotatable bonds is 4. The fourth-order valence-corrected chi connectivity index (χ4v) is 3.06. The van der Waals surface area contributed by atoms with Gasteiger partial charge in [0.2, 0.25) is 5.91 Å². The van der Waals surface area contributed by atoms with Crippen LogP contribution in [0, 0.1) is 5.82 Å². The van der Waals surface area contributed by atoms with Gasteiger partial charge in [-0.25, -0.2) is 4.39 Å². The largest absolute Gasteiger partial charge is 0.482 e. The van der Waals surface area contributed by atoms with Crippen molar-refractivity contribution in [3.8, 4) is 5.75 Å². The molecule has 1 heterocycles. The highest BCUT2D eigenvalue weighted by Crippen LogP contribution is 2.28. The Bertz CT molecular complexity index is 830. The van der Waals surface area contributed by atoms with Crippen molar-refractivity contribution < 1.29 is 18.7 Å². The second kappa shape index (κ2) is 7.93. The second-order valence-electron chi connectivity index (χ2n) is 5.70. The zero-order chi connectivity index (χ0) is 18.7. The quantitative estimate of drug-likeness (QED) is 0.862. The van der Waals surface area contributed by atoms with Crippen LogP contribution >= 0.6 is 23.2 Å². The molecule has 1 unspecified atom stereocenters. The molecule has 1 fully saturated rings. The number of amides is 2. The van der Waals surface area contributed by atoms with E-state index in [2.05, 4.69) is 5.32 Å². The molecule has 136 valence electrons. The van der Waals surface area contributed by atoms with Crippen LogP contribution in [0.15, 0.2) is 42.5 Å². The molecule has 1 N–H and O–H groups in total. The van der Waals surface area contributed by atoms with Crippen molar-refractivity contribution in [2.45, 2.75) is 6.04 Å². The maximum atomic E-state index is 13.2. The molecule has 5 nitrogen and oxygen atoms in total. The molecule has 0 aromatic heterocycles. The van der Waals surface area contributed by atoms with Gasteiger partial charge in [0, 0.05) is 24.2 Å². The molecular formula is C18H15Cl2FN2O3. The van der Waals surface area contributed by atoms with Crippen molar-refractivity contribution in [2.24, 2.45) is 0 Å². The molecule has 0 spiro atoms. The van der Waals surface area contributed by atoms with Gasteiger partial charge >= 0.3 is 0 Å². The number of nitrogens with zero attached hydrogens (tertiary/aromatic N) is 1. The molecule has 2 amide bonds. The predicted molar refractivity (Wildman–Crippen MR) is 95.8 cm³/mol. The highest BCUT2D eigenvalue weighted by atomic mass is 35.5. The number of halogens is 3. The summed E-state index contributed by atoms with van der Waals surface area (Å²) in [7, 11) is 0. The molecule has 2 aromatic rings. The fourth-order valence-electron chi connectivity index (χ4n) is 2.72. The standard InChI is InChI=1S/C18H15Cl2FN2O3/c19-12-3-6-14(20)15(9-12)26-10-16(24)23-8-7-22-18(25)17(23)11-1-4-13(21)5-2-11/h1-6,9,17H,7-8,10H2,(H,22,25). The first-order valence-corrected chi connectivity index (χ1v) is 8.62. The van der Waals surface area contributed by atoms with Gasteiger partial charge < -0.3 is 15.0 Å². The third-order valence-electron chi connectivity index (χ3n) is 3.96. The monoisotopic (exact) mass is 396 g/mol. The number of benzene rings is 2. The summed E-state index contributed by atoms with van der Waals surface area (Å²) in [6.45, 7) is 0.352. The van der Waals surface area contributed by atoms with Crippen molar-refractivity contribution in [1.82, 2.24) is 10.2 Å². The molecule has 0 bridgehead atoms. The second-order valence-corrected chi connectivity index (χ2v) is 6.54. The molecule has 0 saturated carbocycles. The Balaban J connectivity index is 1.76.